The third kappa shape index (κ3) is 4.63. The van der Waals surface area contributed by atoms with Crippen LogP contribution in [0.25, 0.3) is 0 Å². The van der Waals surface area contributed by atoms with Gasteiger partial charge in [0.15, 0.2) is 0 Å². The first-order valence-electron chi connectivity index (χ1n) is 8.52. The molecule has 7 heteroatoms. The largest absolute Gasteiger partial charge is 0.351 e. The zero-order valence-electron chi connectivity index (χ0n) is 14.4. The summed E-state index contributed by atoms with van der Waals surface area (Å²) in [5, 5.41) is 2.96. The summed E-state index contributed by atoms with van der Waals surface area (Å²) in [7, 11) is -3.72. The Morgan fingerprint density at radius 1 is 1.19 bits per heavy atom. The van der Waals surface area contributed by atoms with E-state index in [2.05, 4.69) is 10.0 Å². The molecule has 0 bridgehead atoms. The standard InChI is InChI=1S/C19H21ClN2O3S/c1-13(14-5-3-2-4-6-14)12-21-19(23)15-7-10-17(20)18(11-15)26(24,25)22-16-8-9-16/h2-7,10-11,13,16,22H,8-9,12H2,1H3,(H,21,23)/t13-/m1/s1. The zero-order chi connectivity index (χ0) is 18.7. The van der Waals surface area contributed by atoms with Crippen molar-refractivity contribution in [3.05, 3.63) is 64.7 Å². The lowest BCUT2D eigenvalue weighted by molar-refractivity contribution is 0.0951. The van der Waals surface area contributed by atoms with Crippen LogP contribution in [0.3, 0.4) is 0 Å². The van der Waals surface area contributed by atoms with Gasteiger partial charge in [-0.25, -0.2) is 13.1 Å². The highest BCUT2D eigenvalue weighted by molar-refractivity contribution is 7.89. The number of halogens is 1. The third-order valence-electron chi connectivity index (χ3n) is 4.32. The van der Waals surface area contributed by atoms with Crippen molar-refractivity contribution in [3.8, 4) is 0 Å². The molecule has 0 heterocycles. The lowest BCUT2D eigenvalue weighted by atomic mass is 10.0. The number of rotatable bonds is 7. The molecule has 1 aliphatic carbocycles. The molecule has 1 fully saturated rings. The Morgan fingerprint density at radius 2 is 1.88 bits per heavy atom. The van der Waals surface area contributed by atoms with Gasteiger partial charge in [0, 0.05) is 18.2 Å². The molecule has 26 heavy (non-hydrogen) atoms. The van der Waals surface area contributed by atoms with Crippen LogP contribution in [0.5, 0.6) is 0 Å². The Balaban J connectivity index is 1.70. The number of carbonyl (C=O) groups is 1. The first-order valence-corrected chi connectivity index (χ1v) is 10.4. The molecule has 0 aromatic heterocycles. The normalized spacial score (nSPS) is 15.5. The molecule has 0 saturated heterocycles. The number of benzene rings is 2. The van der Waals surface area contributed by atoms with Crippen molar-refractivity contribution in [2.75, 3.05) is 6.54 Å². The molecule has 0 spiro atoms. The van der Waals surface area contributed by atoms with Gasteiger partial charge in [0.05, 0.1) is 5.02 Å². The van der Waals surface area contributed by atoms with Crippen molar-refractivity contribution in [2.24, 2.45) is 0 Å². The quantitative estimate of drug-likeness (QED) is 0.759. The van der Waals surface area contributed by atoms with E-state index in [0.29, 0.717) is 6.54 Å². The van der Waals surface area contributed by atoms with Crippen molar-refractivity contribution >= 4 is 27.5 Å². The Bertz CT molecular complexity index is 896. The summed E-state index contributed by atoms with van der Waals surface area (Å²) in [5.41, 5.74) is 1.40. The maximum atomic E-state index is 12.4. The Labute approximate surface area is 158 Å². The number of nitrogens with one attached hydrogen (secondary N) is 2. The Kier molecular flexibility index (Phi) is 5.65. The summed E-state index contributed by atoms with van der Waals surface area (Å²) in [6.45, 7) is 2.47. The summed E-state index contributed by atoms with van der Waals surface area (Å²) in [4.78, 5) is 12.4. The lowest BCUT2D eigenvalue weighted by Gasteiger charge is -2.14. The van der Waals surface area contributed by atoms with Crippen LogP contribution >= 0.6 is 11.6 Å². The predicted octanol–water partition coefficient (Wildman–Crippen LogP) is 3.31. The predicted molar refractivity (Wildman–Crippen MR) is 102 cm³/mol. The Morgan fingerprint density at radius 3 is 2.54 bits per heavy atom. The van der Waals surface area contributed by atoms with Crippen LogP contribution in [0, 0.1) is 0 Å². The zero-order valence-corrected chi connectivity index (χ0v) is 16.0. The number of amides is 1. The first kappa shape index (κ1) is 18.9. The van der Waals surface area contributed by atoms with Gasteiger partial charge in [-0.15, -0.1) is 0 Å². The van der Waals surface area contributed by atoms with Gasteiger partial charge in [0.25, 0.3) is 5.91 Å². The van der Waals surface area contributed by atoms with Gasteiger partial charge >= 0.3 is 0 Å². The van der Waals surface area contributed by atoms with Gasteiger partial charge in [-0.2, -0.15) is 0 Å². The van der Waals surface area contributed by atoms with Gasteiger partial charge in [-0.05, 0) is 42.5 Å². The highest BCUT2D eigenvalue weighted by Crippen LogP contribution is 2.27. The molecule has 138 valence electrons. The average Bonchev–Trinajstić information content (AvgIpc) is 3.43. The minimum atomic E-state index is -3.72. The fraction of sp³-hybridized carbons (Fsp3) is 0.316. The molecule has 0 aliphatic heterocycles. The summed E-state index contributed by atoms with van der Waals surface area (Å²) < 4.78 is 27.4. The van der Waals surface area contributed by atoms with Crippen molar-refractivity contribution in [1.29, 1.82) is 0 Å². The van der Waals surface area contributed by atoms with E-state index in [1.165, 1.54) is 18.2 Å². The molecular formula is C19H21ClN2O3S. The number of carbonyl (C=O) groups excluding carboxylic acids is 1. The molecule has 0 radical (unpaired) electrons. The van der Waals surface area contributed by atoms with Crippen LogP contribution in [-0.2, 0) is 10.0 Å². The average molecular weight is 393 g/mol. The van der Waals surface area contributed by atoms with E-state index in [1.54, 1.807) is 0 Å². The maximum Gasteiger partial charge on any atom is 0.251 e. The second-order valence-electron chi connectivity index (χ2n) is 6.56. The molecule has 1 saturated carbocycles. The molecule has 2 aromatic carbocycles. The highest BCUT2D eigenvalue weighted by atomic mass is 35.5. The van der Waals surface area contributed by atoms with E-state index in [9.17, 15) is 13.2 Å². The SMILES string of the molecule is C[C@H](CNC(=O)c1ccc(Cl)c(S(=O)(=O)NC2CC2)c1)c1ccccc1. The van der Waals surface area contributed by atoms with E-state index >= 15 is 0 Å². The number of hydrogen-bond acceptors (Lipinski definition) is 3. The third-order valence-corrected chi connectivity index (χ3v) is 6.32. The van der Waals surface area contributed by atoms with Crippen molar-refractivity contribution in [1.82, 2.24) is 10.0 Å². The number of hydrogen-bond donors (Lipinski definition) is 2. The lowest BCUT2D eigenvalue weighted by Crippen LogP contribution is -2.29. The number of sulfonamides is 1. The van der Waals surface area contributed by atoms with Crippen LogP contribution in [0.1, 0.15) is 41.6 Å². The van der Waals surface area contributed by atoms with Gasteiger partial charge in [0.2, 0.25) is 10.0 Å². The summed E-state index contributed by atoms with van der Waals surface area (Å²) in [5.74, 6) is -0.181. The van der Waals surface area contributed by atoms with Crippen LogP contribution < -0.4 is 10.0 Å². The second-order valence-corrected chi connectivity index (χ2v) is 8.65. The molecule has 1 atom stereocenters. The first-order chi connectivity index (χ1) is 12.4. The molecule has 1 aliphatic rings. The van der Waals surface area contributed by atoms with Crippen molar-refractivity contribution in [2.45, 2.75) is 36.6 Å². The molecule has 2 N–H and O–H groups in total. The molecule has 3 rings (SSSR count). The minimum Gasteiger partial charge on any atom is -0.351 e. The maximum absolute atomic E-state index is 12.4. The molecular weight excluding hydrogens is 372 g/mol. The second kappa shape index (κ2) is 7.78. The smallest absolute Gasteiger partial charge is 0.251 e. The van der Waals surface area contributed by atoms with E-state index in [1.807, 2.05) is 37.3 Å². The summed E-state index contributed by atoms with van der Waals surface area (Å²) in [6, 6.07) is 14.1. The van der Waals surface area contributed by atoms with E-state index in [0.717, 1.165) is 18.4 Å². The van der Waals surface area contributed by atoms with Gasteiger partial charge in [0.1, 0.15) is 4.90 Å². The van der Waals surface area contributed by atoms with E-state index in [4.69, 9.17) is 11.6 Å². The molecule has 0 unspecified atom stereocenters. The monoisotopic (exact) mass is 392 g/mol. The molecule has 1 amide bonds. The van der Waals surface area contributed by atoms with Crippen molar-refractivity contribution < 1.29 is 13.2 Å². The van der Waals surface area contributed by atoms with E-state index < -0.39 is 10.0 Å². The minimum absolute atomic E-state index is 0.0275. The van der Waals surface area contributed by atoms with Crippen LogP contribution in [0.4, 0.5) is 0 Å². The van der Waals surface area contributed by atoms with Crippen LogP contribution in [0.2, 0.25) is 5.02 Å². The van der Waals surface area contributed by atoms with Gasteiger partial charge in [-0.3, -0.25) is 4.79 Å². The van der Waals surface area contributed by atoms with E-state index in [-0.39, 0.29) is 33.3 Å². The topological polar surface area (TPSA) is 75.3 Å². The Hall–Kier alpha value is -1.89. The van der Waals surface area contributed by atoms with Gasteiger partial charge in [-0.1, -0.05) is 48.9 Å². The fourth-order valence-corrected chi connectivity index (χ4v) is 4.41. The van der Waals surface area contributed by atoms with Gasteiger partial charge < -0.3 is 5.32 Å². The molecule has 2 aromatic rings. The highest BCUT2D eigenvalue weighted by Gasteiger charge is 2.29. The fourth-order valence-electron chi connectivity index (χ4n) is 2.58. The van der Waals surface area contributed by atoms with Crippen molar-refractivity contribution in [3.63, 3.8) is 0 Å². The van der Waals surface area contributed by atoms with Crippen LogP contribution in [0.15, 0.2) is 53.4 Å². The summed E-state index contributed by atoms with van der Waals surface area (Å²) >= 11 is 6.05. The van der Waals surface area contributed by atoms with Crippen LogP contribution in [-0.4, -0.2) is 26.9 Å². The molecule has 5 nitrogen and oxygen atoms in total. The summed E-state index contributed by atoms with van der Waals surface area (Å²) in [6.07, 6.45) is 1.66.